The number of rotatable bonds is 6. The molecule has 2 N–H and O–H groups in total. The molecule has 2 fully saturated rings. The quantitative estimate of drug-likeness (QED) is 0.324. The van der Waals surface area contributed by atoms with Crippen LogP contribution in [0.4, 0.5) is 10.1 Å². The van der Waals surface area contributed by atoms with Crippen molar-refractivity contribution in [3.8, 4) is 17.2 Å². The highest BCUT2D eigenvalue weighted by molar-refractivity contribution is 6.02. The third kappa shape index (κ3) is 4.35. The number of carbonyl (C=O) groups excluding carboxylic acids is 1. The van der Waals surface area contributed by atoms with Crippen molar-refractivity contribution in [3.63, 3.8) is 0 Å². The molecule has 8 nitrogen and oxygen atoms in total. The molecule has 212 valence electrons. The van der Waals surface area contributed by atoms with Gasteiger partial charge in [-0.3, -0.25) is 9.59 Å². The Balaban J connectivity index is 1.37. The van der Waals surface area contributed by atoms with Crippen molar-refractivity contribution in [2.24, 2.45) is 0 Å². The van der Waals surface area contributed by atoms with Gasteiger partial charge in [0.2, 0.25) is 5.43 Å². The highest BCUT2D eigenvalue weighted by Crippen LogP contribution is 2.48. The molecule has 9 heteroatoms. The third-order valence-corrected chi connectivity index (χ3v) is 9.06. The Morgan fingerprint density at radius 2 is 1.93 bits per heavy atom. The monoisotopic (exact) mass is 555 g/mol. The highest BCUT2D eigenvalue weighted by Gasteiger charge is 2.33. The molecule has 0 saturated carbocycles. The minimum absolute atomic E-state index is 0.00666. The second-order valence-electron chi connectivity index (χ2n) is 11.5. The maximum atomic E-state index is 16.0. The van der Waals surface area contributed by atoms with Gasteiger partial charge in [0.15, 0.2) is 17.3 Å². The molecule has 3 aliphatic rings. The van der Waals surface area contributed by atoms with Crippen LogP contribution in [0.5, 0.6) is 11.5 Å². The maximum absolute atomic E-state index is 16.0. The van der Waals surface area contributed by atoms with Crippen LogP contribution in [-0.2, 0) is 0 Å². The summed E-state index contributed by atoms with van der Waals surface area (Å²) in [6, 6.07) is 13.8. The molecule has 0 spiro atoms. The predicted molar refractivity (Wildman–Crippen MR) is 159 cm³/mol. The first-order valence-electron chi connectivity index (χ1n) is 14.5. The predicted octanol–water partition coefficient (Wildman–Crippen LogP) is 4.40. The molecular formula is C32H34FN5O3. The van der Waals surface area contributed by atoms with E-state index >= 15 is 4.39 Å². The summed E-state index contributed by atoms with van der Waals surface area (Å²) in [4.78, 5) is 31.5. The number of hydrogen-bond acceptors (Lipinski definition) is 6. The lowest BCUT2D eigenvalue weighted by Gasteiger charge is -2.29. The number of nitrogens with zero attached hydrogens (tertiary/aromatic N) is 3. The van der Waals surface area contributed by atoms with Gasteiger partial charge in [0.05, 0.1) is 11.1 Å². The summed E-state index contributed by atoms with van der Waals surface area (Å²) >= 11 is 0. The molecule has 0 radical (unpaired) electrons. The largest absolute Gasteiger partial charge is 0.451 e. The number of fused-ring (bicyclic) bond motifs is 3. The Hall–Kier alpha value is -3.95. The maximum Gasteiger partial charge on any atom is 0.256 e. The van der Waals surface area contributed by atoms with Gasteiger partial charge in [-0.2, -0.15) is 0 Å². The van der Waals surface area contributed by atoms with E-state index in [9.17, 15) is 9.59 Å². The summed E-state index contributed by atoms with van der Waals surface area (Å²) in [5, 5.41) is 8.34. The zero-order valence-electron chi connectivity index (χ0n) is 23.4. The van der Waals surface area contributed by atoms with E-state index in [1.807, 2.05) is 52.9 Å². The number of nitrogens with one attached hydrogen (secondary N) is 2. The lowest BCUT2D eigenvalue weighted by molar-refractivity contribution is 0.0949. The second kappa shape index (κ2) is 10.2. The van der Waals surface area contributed by atoms with Gasteiger partial charge < -0.3 is 29.7 Å². The van der Waals surface area contributed by atoms with Gasteiger partial charge in [-0.15, -0.1) is 0 Å². The van der Waals surface area contributed by atoms with Crippen molar-refractivity contribution in [1.82, 2.24) is 20.1 Å². The van der Waals surface area contributed by atoms with E-state index in [0.29, 0.717) is 54.1 Å². The summed E-state index contributed by atoms with van der Waals surface area (Å²) in [6.07, 6.45) is 5.55. The van der Waals surface area contributed by atoms with E-state index in [1.54, 1.807) is 6.20 Å². The lowest BCUT2D eigenvalue weighted by atomic mass is 10.0. The van der Waals surface area contributed by atoms with Crippen molar-refractivity contribution < 1.29 is 13.9 Å². The number of likely N-dealkylation sites (N-methyl/N-ethyl adjacent to an activating group) is 1. The smallest absolute Gasteiger partial charge is 0.256 e. The highest BCUT2D eigenvalue weighted by atomic mass is 19.1. The van der Waals surface area contributed by atoms with Crippen LogP contribution < -0.4 is 25.7 Å². The first-order valence-corrected chi connectivity index (χ1v) is 14.5. The van der Waals surface area contributed by atoms with E-state index in [4.69, 9.17) is 4.74 Å². The first kappa shape index (κ1) is 26.0. The summed E-state index contributed by atoms with van der Waals surface area (Å²) in [6.45, 7) is 2.82. The standard InChI is InChI=1S/C32H34FN5O3/c1-34-21-10-13-37(17-21)29-25(33)16-23-28-31(29)41-27-15-20-7-4-3-6-19(20)14-26(27)38(28)18-24(30(23)39)32(40)35-11-9-22-8-5-12-36(22)2/h3-4,6-7,14-16,18,21-22,34H,5,8-13,17H2,1-2H3,(H,35,40)/t21-,22?/m1/s1. The second-order valence-corrected chi connectivity index (χ2v) is 11.5. The Morgan fingerprint density at radius 3 is 2.66 bits per heavy atom. The summed E-state index contributed by atoms with van der Waals surface area (Å²) in [7, 11) is 4.01. The zero-order chi connectivity index (χ0) is 28.2. The molecular weight excluding hydrogens is 521 g/mol. The van der Waals surface area contributed by atoms with Gasteiger partial charge in [0.1, 0.15) is 16.8 Å². The summed E-state index contributed by atoms with van der Waals surface area (Å²) < 4.78 is 24.3. The van der Waals surface area contributed by atoms with Crippen molar-refractivity contribution in [1.29, 1.82) is 0 Å². The van der Waals surface area contributed by atoms with Gasteiger partial charge in [-0.25, -0.2) is 4.39 Å². The van der Waals surface area contributed by atoms with Crippen LogP contribution in [0.3, 0.4) is 0 Å². The molecule has 4 heterocycles. The number of ether oxygens (including phenoxy) is 1. The molecule has 1 amide bonds. The topological polar surface area (TPSA) is 78.8 Å². The number of aromatic nitrogens is 1. The van der Waals surface area contributed by atoms with Crippen LogP contribution in [-0.4, -0.2) is 67.7 Å². The van der Waals surface area contributed by atoms with Crippen LogP contribution in [0.15, 0.2) is 53.5 Å². The van der Waals surface area contributed by atoms with Gasteiger partial charge in [0.25, 0.3) is 5.91 Å². The summed E-state index contributed by atoms with van der Waals surface area (Å²) in [5.74, 6) is -0.114. The fourth-order valence-electron chi connectivity index (χ4n) is 6.74. The average molecular weight is 556 g/mol. The summed E-state index contributed by atoms with van der Waals surface area (Å²) in [5.41, 5.74) is 1.02. The van der Waals surface area contributed by atoms with Crippen LogP contribution in [0.25, 0.3) is 27.4 Å². The minimum atomic E-state index is -0.529. The molecule has 4 aromatic rings. The van der Waals surface area contributed by atoms with E-state index < -0.39 is 17.2 Å². The van der Waals surface area contributed by atoms with Crippen LogP contribution in [0.1, 0.15) is 36.0 Å². The Bertz CT molecular complexity index is 1750. The lowest BCUT2D eigenvalue weighted by Crippen LogP contribution is -2.34. The van der Waals surface area contributed by atoms with Gasteiger partial charge in [0, 0.05) is 37.9 Å². The normalized spacial score (nSPS) is 20.0. The molecule has 2 atom stereocenters. The Kier molecular flexibility index (Phi) is 6.43. The molecule has 7 rings (SSSR count). The zero-order valence-corrected chi connectivity index (χ0v) is 23.4. The van der Waals surface area contributed by atoms with E-state index in [2.05, 4.69) is 22.6 Å². The Labute approximate surface area is 237 Å². The SMILES string of the molecule is CN[C@@H]1CCN(c2c(F)cc3c(=O)c(C(=O)NCCC4CCCN4C)cn4c3c2Oc2cc3ccccc3cc2-4)C1. The molecule has 2 saturated heterocycles. The number of likely N-dealkylation sites (tertiary alicyclic amines) is 1. The number of benzene rings is 3. The van der Waals surface area contributed by atoms with E-state index in [-0.39, 0.29) is 17.0 Å². The van der Waals surface area contributed by atoms with E-state index in [1.165, 1.54) is 6.07 Å². The average Bonchev–Trinajstić information content (AvgIpc) is 3.62. The number of anilines is 1. The molecule has 1 aromatic heterocycles. The van der Waals surface area contributed by atoms with Crippen molar-refractivity contribution in [2.75, 3.05) is 45.2 Å². The first-order chi connectivity index (χ1) is 19.9. The molecule has 0 bridgehead atoms. The fourth-order valence-corrected chi connectivity index (χ4v) is 6.74. The molecule has 0 aliphatic carbocycles. The van der Waals surface area contributed by atoms with Crippen molar-refractivity contribution in [2.45, 2.75) is 37.8 Å². The number of pyridine rings is 1. The number of hydrogen-bond donors (Lipinski definition) is 2. The van der Waals surface area contributed by atoms with Crippen LogP contribution >= 0.6 is 0 Å². The molecule has 1 unspecified atom stereocenters. The molecule has 3 aromatic carbocycles. The molecule has 41 heavy (non-hydrogen) atoms. The molecule has 3 aliphatic heterocycles. The number of carbonyl (C=O) groups is 1. The fraction of sp³-hybridized carbons (Fsp3) is 0.375. The van der Waals surface area contributed by atoms with Crippen molar-refractivity contribution in [3.05, 3.63) is 70.3 Å². The van der Waals surface area contributed by atoms with E-state index in [0.717, 1.165) is 43.0 Å². The number of halogens is 1. The van der Waals surface area contributed by atoms with Gasteiger partial charge in [-0.1, -0.05) is 24.3 Å². The number of amides is 1. The Morgan fingerprint density at radius 1 is 1.12 bits per heavy atom. The third-order valence-electron chi connectivity index (χ3n) is 9.06. The van der Waals surface area contributed by atoms with Crippen LogP contribution in [0, 0.1) is 5.82 Å². The van der Waals surface area contributed by atoms with Gasteiger partial charge in [-0.05, 0) is 75.3 Å². The minimum Gasteiger partial charge on any atom is -0.451 e. The van der Waals surface area contributed by atoms with Crippen molar-refractivity contribution >= 4 is 33.3 Å². The van der Waals surface area contributed by atoms with Gasteiger partial charge >= 0.3 is 0 Å². The van der Waals surface area contributed by atoms with Crippen LogP contribution in [0.2, 0.25) is 0 Å².